The molecule has 130 valence electrons. The second-order valence-electron chi connectivity index (χ2n) is 6.83. The van der Waals surface area contributed by atoms with Gasteiger partial charge < -0.3 is 15.2 Å². The van der Waals surface area contributed by atoms with Crippen LogP contribution in [0.3, 0.4) is 0 Å². The number of rotatable bonds is 3. The quantitative estimate of drug-likeness (QED) is 0.756. The Hall–Kier alpha value is -2.40. The largest absolute Gasteiger partial charge is 0.378 e. The number of nitrogens with one attached hydrogen (secondary N) is 2. The standard InChI is InChI=1S/C20H21F2N3/c1-25(2)13-5-3-4-12(10-13)11-17-20-14(8-9-23-17)18-16(24-20)7-6-15(21)19(18)22/h3-7,10,17,23-24H,8-9,11H2,1-2H3. The molecule has 1 aliphatic heterocycles. The van der Waals surface area contributed by atoms with Crippen LogP contribution in [0.15, 0.2) is 36.4 Å². The van der Waals surface area contributed by atoms with E-state index in [4.69, 9.17) is 0 Å². The molecule has 1 atom stereocenters. The van der Waals surface area contributed by atoms with Gasteiger partial charge in [0.1, 0.15) is 0 Å². The van der Waals surface area contributed by atoms with Gasteiger partial charge in [-0.2, -0.15) is 0 Å². The van der Waals surface area contributed by atoms with E-state index in [9.17, 15) is 8.78 Å². The third-order valence-electron chi connectivity index (χ3n) is 4.97. The molecule has 1 aliphatic rings. The normalized spacial score (nSPS) is 16.9. The van der Waals surface area contributed by atoms with E-state index < -0.39 is 11.6 Å². The predicted octanol–water partition coefficient (Wildman–Crippen LogP) is 3.94. The van der Waals surface area contributed by atoms with Crippen LogP contribution in [-0.4, -0.2) is 25.6 Å². The van der Waals surface area contributed by atoms with Crippen molar-refractivity contribution in [3.05, 3.63) is 64.9 Å². The summed E-state index contributed by atoms with van der Waals surface area (Å²) in [5, 5.41) is 3.91. The Labute approximate surface area is 145 Å². The minimum atomic E-state index is -0.789. The van der Waals surface area contributed by atoms with Crippen LogP contribution in [0.1, 0.15) is 22.9 Å². The van der Waals surface area contributed by atoms with Gasteiger partial charge in [0, 0.05) is 36.4 Å². The van der Waals surface area contributed by atoms with Gasteiger partial charge in [-0.15, -0.1) is 0 Å². The fourth-order valence-corrected chi connectivity index (χ4v) is 3.71. The highest BCUT2D eigenvalue weighted by Crippen LogP contribution is 2.34. The van der Waals surface area contributed by atoms with Crippen LogP contribution in [0.25, 0.3) is 10.9 Å². The van der Waals surface area contributed by atoms with Gasteiger partial charge in [0.15, 0.2) is 11.6 Å². The molecule has 2 heterocycles. The molecule has 0 spiro atoms. The molecule has 3 aromatic rings. The van der Waals surface area contributed by atoms with E-state index in [2.05, 4.69) is 39.5 Å². The number of aromatic amines is 1. The first-order valence-corrected chi connectivity index (χ1v) is 8.52. The average molecular weight is 341 g/mol. The Bertz CT molecular complexity index is 930. The molecule has 0 aliphatic carbocycles. The Morgan fingerprint density at radius 3 is 2.80 bits per heavy atom. The van der Waals surface area contributed by atoms with Crippen molar-refractivity contribution in [2.24, 2.45) is 0 Å². The average Bonchev–Trinajstić information content (AvgIpc) is 2.99. The number of fused-ring (bicyclic) bond motifs is 3. The second kappa shape index (κ2) is 6.15. The monoisotopic (exact) mass is 341 g/mol. The molecule has 0 saturated carbocycles. The molecule has 2 N–H and O–H groups in total. The van der Waals surface area contributed by atoms with E-state index >= 15 is 0 Å². The molecule has 3 nitrogen and oxygen atoms in total. The lowest BCUT2D eigenvalue weighted by Gasteiger charge is -2.25. The van der Waals surface area contributed by atoms with Crippen molar-refractivity contribution in [3.8, 4) is 0 Å². The van der Waals surface area contributed by atoms with Crippen molar-refractivity contribution in [1.82, 2.24) is 10.3 Å². The number of halogens is 2. The van der Waals surface area contributed by atoms with Crippen molar-refractivity contribution in [2.45, 2.75) is 18.9 Å². The van der Waals surface area contributed by atoms with Gasteiger partial charge in [-0.05, 0) is 54.8 Å². The molecule has 1 aromatic heterocycles. The topological polar surface area (TPSA) is 31.1 Å². The van der Waals surface area contributed by atoms with Gasteiger partial charge in [0.2, 0.25) is 0 Å². The number of hydrogen-bond acceptors (Lipinski definition) is 2. The van der Waals surface area contributed by atoms with E-state index in [-0.39, 0.29) is 6.04 Å². The number of hydrogen-bond donors (Lipinski definition) is 2. The Kier molecular flexibility index (Phi) is 3.96. The van der Waals surface area contributed by atoms with Crippen molar-refractivity contribution in [2.75, 3.05) is 25.5 Å². The first-order chi connectivity index (χ1) is 12.0. The molecule has 25 heavy (non-hydrogen) atoms. The maximum atomic E-state index is 14.3. The number of benzene rings is 2. The summed E-state index contributed by atoms with van der Waals surface area (Å²) in [7, 11) is 4.04. The lowest BCUT2D eigenvalue weighted by Crippen LogP contribution is -2.31. The summed E-state index contributed by atoms with van der Waals surface area (Å²) in [6, 6.07) is 11.3. The van der Waals surface area contributed by atoms with E-state index in [0.29, 0.717) is 17.3 Å². The molecule has 0 radical (unpaired) electrons. The van der Waals surface area contributed by atoms with E-state index in [0.717, 1.165) is 29.9 Å². The maximum Gasteiger partial charge on any atom is 0.168 e. The van der Waals surface area contributed by atoms with Crippen molar-refractivity contribution in [3.63, 3.8) is 0 Å². The third-order valence-corrected chi connectivity index (χ3v) is 4.97. The van der Waals surface area contributed by atoms with Gasteiger partial charge in [-0.3, -0.25) is 0 Å². The summed E-state index contributed by atoms with van der Waals surface area (Å²) in [4.78, 5) is 5.39. The molecule has 5 heteroatoms. The zero-order valence-corrected chi connectivity index (χ0v) is 14.4. The number of nitrogens with zero attached hydrogens (tertiary/aromatic N) is 1. The number of aromatic nitrogens is 1. The molecule has 2 aromatic carbocycles. The van der Waals surface area contributed by atoms with Crippen LogP contribution in [-0.2, 0) is 12.8 Å². The molecule has 0 fully saturated rings. The number of anilines is 1. The predicted molar refractivity (Wildman–Crippen MR) is 97.1 cm³/mol. The van der Waals surface area contributed by atoms with Gasteiger partial charge in [-0.1, -0.05) is 12.1 Å². The molecule has 0 saturated heterocycles. The van der Waals surface area contributed by atoms with Crippen molar-refractivity contribution >= 4 is 16.6 Å². The fraction of sp³-hybridized carbons (Fsp3) is 0.300. The third kappa shape index (κ3) is 2.78. The van der Waals surface area contributed by atoms with Gasteiger partial charge in [0.05, 0.1) is 6.04 Å². The Morgan fingerprint density at radius 2 is 2.00 bits per heavy atom. The minimum Gasteiger partial charge on any atom is -0.378 e. The minimum absolute atomic E-state index is 0.0658. The first kappa shape index (κ1) is 16.1. The lowest BCUT2D eigenvalue weighted by atomic mass is 9.94. The van der Waals surface area contributed by atoms with Crippen LogP contribution < -0.4 is 10.2 Å². The highest BCUT2D eigenvalue weighted by molar-refractivity contribution is 5.86. The fourth-order valence-electron chi connectivity index (χ4n) is 3.71. The van der Waals surface area contributed by atoms with Gasteiger partial charge in [0.25, 0.3) is 0 Å². The second-order valence-corrected chi connectivity index (χ2v) is 6.83. The SMILES string of the molecule is CN(C)c1cccc(CC2NCCc3c2[nH]c2ccc(F)c(F)c32)c1. The van der Waals surface area contributed by atoms with Crippen LogP contribution in [0, 0.1) is 11.6 Å². The van der Waals surface area contributed by atoms with Crippen molar-refractivity contribution in [1.29, 1.82) is 0 Å². The molecule has 0 amide bonds. The summed E-state index contributed by atoms with van der Waals surface area (Å²) in [6.07, 6.45) is 1.50. The van der Waals surface area contributed by atoms with Crippen LogP contribution in [0.5, 0.6) is 0 Å². The summed E-state index contributed by atoms with van der Waals surface area (Å²) in [5.41, 5.74) is 4.90. The van der Waals surface area contributed by atoms with E-state index in [1.165, 1.54) is 11.6 Å². The summed E-state index contributed by atoms with van der Waals surface area (Å²) >= 11 is 0. The molecular weight excluding hydrogens is 320 g/mol. The van der Waals surface area contributed by atoms with Gasteiger partial charge in [-0.25, -0.2) is 8.78 Å². The van der Waals surface area contributed by atoms with Crippen LogP contribution >= 0.6 is 0 Å². The summed E-state index contributed by atoms with van der Waals surface area (Å²) in [5.74, 6) is -1.53. The molecular formula is C20H21F2N3. The smallest absolute Gasteiger partial charge is 0.168 e. The first-order valence-electron chi connectivity index (χ1n) is 8.52. The maximum absolute atomic E-state index is 14.3. The van der Waals surface area contributed by atoms with Crippen LogP contribution in [0.2, 0.25) is 0 Å². The molecule has 1 unspecified atom stereocenters. The zero-order valence-electron chi connectivity index (χ0n) is 14.4. The van der Waals surface area contributed by atoms with E-state index in [1.54, 1.807) is 6.07 Å². The Balaban J connectivity index is 1.73. The Morgan fingerprint density at radius 1 is 1.16 bits per heavy atom. The number of H-pyrrole nitrogens is 1. The molecule has 0 bridgehead atoms. The zero-order chi connectivity index (χ0) is 17.6. The molecule has 4 rings (SSSR count). The lowest BCUT2D eigenvalue weighted by molar-refractivity contribution is 0.492. The highest BCUT2D eigenvalue weighted by Gasteiger charge is 2.26. The van der Waals surface area contributed by atoms with Gasteiger partial charge >= 0.3 is 0 Å². The summed E-state index contributed by atoms with van der Waals surface area (Å²) < 4.78 is 27.9. The van der Waals surface area contributed by atoms with E-state index in [1.807, 2.05) is 14.1 Å². The highest BCUT2D eigenvalue weighted by atomic mass is 19.2. The van der Waals surface area contributed by atoms with Crippen molar-refractivity contribution < 1.29 is 8.78 Å². The summed E-state index contributed by atoms with van der Waals surface area (Å²) in [6.45, 7) is 0.758. The van der Waals surface area contributed by atoms with Crippen LogP contribution in [0.4, 0.5) is 14.5 Å².